The summed E-state index contributed by atoms with van der Waals surface area (Å²) < 4.78 is 43.3. The van der Waals surface area contributed by atoms with Gasteiger partial charge in [-0.1, -0.05) is 12.1 Å². The summed E-state index contributed by atoms with van der Waals surface area (Å²) >= 11 is 0. The fourth-order valence-electron chi connectivity index (χ4n) is 7.06. The number of likely N-dealkylation sites (N-methyl/N-ethyl adjacent to an activating group) is 1. The number of halogens is 3. The number of aliphatic hydroxyl groups excluding tert-OH is 2. The quantitative estimate of drug-likeness (QED) is 0.184. The number of nitrogens with two attached hydrogens (primary N) is 1. The minimum atomic E-state index is -4.32. The van der Waals surface area contributed by atoms with E-state index in [1.807, 2.05) is 0 Å². The van der Waals surface area contributed by atoms with Crippen LogP contribution in [0.1, 0.15) is 34.3 Å². The zero-order chi connectivity index (χ0) is 33.9. The lowest BCUT2D eigenvalue weighted by Gasteiger charge is -2.50. The van der Waals surface area contributed by atoms with E-state index in [0.29, 0.717) is 28.0 Å². The van der Waals surface area contributed by atoms with Crippen LogP contribution in [0.25, 0.3) is 11.1 Å². The first-order chi connectivity index (χ1) is 21.5. The number of nitrogens with zero attached hydrogens (tertiary/aromatic N) is 1. The zero-order valence-corrected chi connectivity index (χ0v) is 25.2. The molecule has 0 radical (unpaired) electrons. The molecule has 3 aliphatic rings. The molecule has 46 heavy (non-hydrogen) atoms. The largest absolute Gasteiger partial charge is 0.510 e. The summed E-state index contributed by atoms with van der Waals surface area (Å²) in [5, 5.41) is 47.8. The van der Waals surface area contributed by atoms with Crippen LogP contribution >= 0.6 is 0 Å². The van der Waals surface area contributed by atoms with Crippen LogP contribution in [0.5, 0.6) is 11.5 Å². The topological polar surface area (TPSA) is 183 Å². The van der Waals surface area contributed by atoms with Crippen LogP contribution in [-0.4, -0.2) is 88.4 Å². The van der Waals surface area contributed by atoms with Crippen molar-refractivity contribution in [3.8, 4) is 22.6 Å². The molecule has 0 heterocycles. The van der Waals surface area contributed by atoms with Gasteiger partial charge in [-0.2, -0.15) is 13.2 Å². The second-order valence-electron chi connectivity index (χ2n) is 12.0. The van der Waals surface area contributed by atoms with E-state index in [2.05, 4.69) is 5.32 Å². The Hall–Kier alpha value is -4.40. The lowest BCUT2D eigenvalue weighted by molar-refractivity contribution is -0.148. The number of nitrogens with one attached hydrogen (secondary N) is 1. The average molecular weight is 646 g/mol. The lowest BCUT2D eigenvalue weighted by Crippen LogP contribution is -2.63. The zero-order valence-electron chi connectivity index (χ0n) is 25.2. The summed E-state index contributed by atoms with van der Waals surface area (Å²) in [6, 6.07) is 6.80. The third kappa shape index (κ3) is 5.29. The number of carbonyl (C=O) groups is 3. The van der Waals surface area contributed by atoms with Gasteiger partial charge >= 0.3 is 6.18 Å². The van der Waals surface area contributed by atoms with Gasteiger partial charge < -0.3 is 36.2 Å². The normalized spacial score (nSPS) is 24.6. The van der Waals surface area contributed by atoms with Gasteiger partial charge in [-0.3, -0.25) is 19.3 Å². The Morgan fingerprint density at radius 3 is 2.46 bits per heavy atom. The number of aromatic hydroxyl groups is 1. The highest BCUT2D eigenvalue weighted by Crippen LogP contribution is 2.53. The van der Waals surface area contributed by atoms with E-state index >= 15 is 0 Å². The minimum Gasteiger partial charge on any atom is -0.510 e. The SMILES string of the molecule is COc1ccc(-c2ccc(O)c3c2C[C@H]2C[C@H]4[C@H](N(C)C)C(O)=C(C(N)=O)C(=O)[C@@]4(O)C(O)=C2C3=O)cc1CNCCC(F)(F)F. The van der Waals surface area contributed by atoms with Gasteiger partial charge in [0.05, 0.1) is 25.1 Å². The number of hydrogen-bond donors (Lipinski definition) is 6. The maximum atomic E-state index is 14.0. The molecule has 14 heteroatoms. The summed E-state index contributed by atoms with van der Waals surface area (Å²) in [6.07, 6.45) is -5.33. The first kappa shape index (κ1) is 33.0. The molecule has 0 aromatic heterocycles. The maximum absolute atomic E-state index is 14.0. The van der Waals surface area contributed by atoms with Crippen LogP contribution in [0, 0.1) is 11.8 Å². The average Bonchev–Trinajstić information content (AvgIpc) is 2.96. The predicted molar refractivity (Wildman–Crippen MR) is 158 cm³/mol. The monoisotopic (exact) mass is 645 g/mol. The summed E-state index contributed by atoms with van der Waals surface area (Å²) in [5.74, 6) is -7.01. The molecule has 0 saturated heterocycles. The van der Waals surface area contributed by atoms with Crippen LogP contribution in [0.2, 0.25) is 0 Å². The number of carbonyl (C=O) groups excluding carboxylic acids is 3. The van der Waals surface area contributed by atoms with E-state index in [0.717, 1.165) is 0 Å². The molecule has 0 unspecified atom stereocenters. The Morgan fingerprint density at radius 1 is 1.15 bits per heavy atom. The van der Waals surface area contributed by atoms with Gasteiger partial charge in [-0.25, -0.2) is 0 Å². The van der Waals surface area contributed by atoms with E-state index in [9.17, 15) is 48.0 Å². The van der Waals surface area contributed by atoms with E-state index in [1.165, 1.54) is 18.1 Å². The van der Waals surface area contributed by atoms with Gasteiger partial charge in [-0.05, 0) is 67.7 Å². The van der Waals surface area contributed by atoms with E-state index in [4.69, 9.17) is 10.5 Å². The van der Waals surface area contributed by atoms with Crippen molar-refractivity contribution in [3.63, 3.8) is 0 Å². The van der Waals surface area contributed by atoms with E-state index in [-0.39, 0.29) is 37.1 Å². The smallest absolute Gasteiger partial charge is 0.390 e. The number of ketones is 2. The molecule has 0 bridgehead atoms. The maximum Gasteiger partial charge on any atom is 0.390 e. The number of aliphatic hydroxyl groups is 3. The van der Waals surface area contributed by atoms with Crippen LogP contribution in [0.3, 0.4) is 0 Å². The second kappa shape index (κ2) is 11.8. The molecule has 246 valence electrons. The number of allylic oxidation sites excluding steroid dienone is 1. The Labute approximate surface area is 261 Å². The molecule has 2 aromatic carbocycles. The Bertz CT molecular complexity index is 1700. The van der Waals surface area contributed by atoms with Crippen LogP contribution < -0.4 is 15.8 Å². The molecular weight excluding hydrogens is 611 g/mol. The highest BCUT2D eigenvalue weighted by atomic mass is 19.4. The van der Waals surface area contributed by atoms with Crippen molar-refractivity contribution in [2.45, 2.75) is 43.6 Å². The number of methoxy groups -OCH3 is 1. The number of amides is 1. The number of phenols is 1. The van der Waals surface area contributed by atoms with Gasteiger partial charge in [-0.15, -0.1) is 0 Å². The molecule has 0 spiro atoms. The molecule has 11 nitrogen and oxygen atoms in total. The standard InChI is InChI=1S/C32H34F3N3O8/c1-38(2)25-19-12-15-11-18-17(14-4-7-21(46-3)16(10-14)13-37-9-8-31(33,34)35)5-6-20(39)23(18)26(40)22(15)28(42)32(19,45)29(43)24(27(25)41)30(36)44/h4-7,10,15,19,25,37,39,41-42,45H,8-9,11-13H2,1-3H3,(H2,36,44)/t15-,19-,25-,32-/m0/s1. The van der Waals surface area contributed by atoms with Crippen LogP contribution in [0.4, 0.5) is 13.2 Å². The molecule has 0 aliphatic heterocycles. The van der Waals surface area contributed by atoms with Crippen molar-refractivity contribution in [1.29, 1.82) is 0 Å². The molecule has 0 fully saturated rings. The first-order valence-corrected chi connectivity index (χ1v) is 14.5. The first-order valence-electron chi connectivity index (χ1n) is 14.5. The molecule has 5 rings (SSSR count). The number of benzene rings is 2. The Balaban J connectivity index is 1.59. The van der Waals surface area contributed by atoms with Crippen molar-refractivity contribution in [1.82, 2.24) is 10.2 Å². The Kier molecular flexibility index (Phi) is 8.43. The minimum absolute atomic E-state index is 0.0558. The molecule has 0 saturated carbocycles. The molecule has 7 N–H and O–H groups in total. The number of Topliss-reactive ketones (excluding diaryl/α,β-unsaturated/α-hetero) is 2. The van der Waals surface area contributed by atoms with E-state index in [1.54, 1.807) is 38.4 Å². The van der Waals surface area contributed by atoms with Crippen LogP contribution in [0.15, 0.2) is 53.0 Å². The van der Waals surface area contributed by atoms with Crippen LogP contribution in [-0.2, 0) is 22.6 Å². The number of rotatable bonds is 8. The number of hydrogen-bond acceptors (Lipinski definition) is 10. The number of phenolic OH excluding ortho intramolecular Hbond substituents is 1. The predicted octanol–water partition coefficient (Wildman–Crippen LogP) is 2.84. The fourth-order valence-corrected chi connectivity index (χ4v) is 7.06. The van der Waals surface area contributed by atoms with Gasteiger partial charge in [0.25, 0.3) is 5.91 Å². The fraction of sp³-hybridized carbons (Fsp3) is 0.406. The third-order valence-electron chi connectivity index (χ3n) is 9.10. The second-order valence-corrected chi connectivity index (χ2v) is 12.0. The summed E-state index contributed by atoms with van der Waals surface area (Å²) in [7, 11) is 4.52. The number of fused-ring (bicyclic) bond motifs is 3. The number of primary amides is 1. The number of ether oxygens (including phenoxy) is 1. The van der Waals surface area contributed by atoms with Gasteiger partial charge in [0, 0.05) is 30.1 Å². The van der Waals surface area contributed by atoms with Crippen molar-refractivity contribution >= 4 is 17.5 Å². The van der Waals surface area contributed by atoms with Gasteiger partial charge in [0.15, 0.2) is 11.4 Å². The summed E-state index contributed by atoms with van der Waals surface area (Å²) in [6.45, 7) is -0.254. The number of alkyl halides is 3. The summed E-state index contributed by atoms with van der Waals surface area (Å²) in [5.41, 5.74) is 3.37. The van der Waals surface area contributed by atoms with Crippen molar-refractivity contribution < 1.29 is 52.7 Å². The van der Waals surface area contributed by atoms with E-state index < -0.39 is 76.4 Å². The van der Waals surface area contributed by atoms with Crippen molar-refractivity contribution in [3.05, 3.63) is 69.7 Å². The van der Waals surface area contributed by atoms with Crippen molar-refractivity contribution in [2.75, 3.05) is 27.7 Å². The molecule has 1 amide bonds. The molecular formula is C32H34F3N3O8. The van der Waals surface area contributed by atoms with Gasteiger partial charge in [0.1, 0.15) is 28.6 Å². The molecule has 4 atom stereocenters. The van der Waals surface area contributed by atoms with Gasteiger partial charge in [0.2, 0.25) is 5.78 Å². The third-order valence-corrected chi connectivity index (χ3v) is 9.10. The summed E-state index contributed by atoms with van der Waals surface area (Å²) in [4.78, 5) is 41.1. The lowest BCUT2D eigenvalue weighted by atomic mass is 9.58. The molecule has 3 aliphatic carbocycles. The highest BCUT2D eigenvalue weighted by Gasteiger charge is 2.63. The molecule has 2 aromatic rings. The Morgan fingerprint density at radius 2 is 1.85 bits per heavy atom. The van der Waals surface area contributed by atoms with Crippen molar-refractivity contribution in [2.24, 2.45) is 17.6 Å². The highest BCUT2D eigenvalue weighted by molar-refractivity contribution is 6.24.